The van der Waals surface area contributed by atoms with Gasteiger partial charge in [0.15, 0.2) is 0 Å². The third-order valence-corrected chi connectivity index (χ3v) is 2.37. The largest absolute Gasteiger partial charge is 0.330 e. The zero-order valence-corrected chi connectivity index (χ0v) is 9.22. The lowest BCUT2D eigenvalue weighted by Crippen LogP contribution is -2.29. The Hall–Kier alpha value is -1.13. The molecule has 1 aromatic rings. The van der Waals surface area contributed by atoms with Crippen molar-refractivity contribution < 1.29 is 0 Å². The summed E-state index contributed by atoms with van der Waals surface area (Å²) in [5, 5.41) is 0. The number of nitrogens with zero attached hydrogens (tertiary/aromatic N) is 2. The highest BCUT2D eigenvalue weighted by molar-refractivity contribution is 4.93. The van der Waals surface area contributed by atoms with Gasteiger partial charge in [-0.05, 0) is 32.6 Å². The van der Waals surface area contributed by atoms with Crippen LogP contribution in [0.2, 0.25) is 0 Å². The molecule has 0 spiro atoms. The van der Waals surface area contributed by atoms with E-state index in [1.54, 1.807) is 16.7 Å². The van der Waals surface area contributed by atoms with Gasteiger partial charge < -0.3 is 15.2 Å². The summed E-state index contributed by atoms with van der Waals surface area (Å²) < 4.78 is 1.72. The third kappa shape index (κ3) is 4.27. The van der Waals surface area contributed by atoms with Crippen LogP contribution in [0.15, 0.2) is 29.2 Å². The van der Waals surface area contributed by atoms with Crippen LogP contribution in [0.25, 0.3) is 0 Å². The SMILES string of the molecule is CN(CCCN)CCn1ccccc1=O. The van der Waals surface area contributed by atoms with Gasteiger partial charge in [-0.15, -0.1) is 0 Å². The maximum absolute atomic E-state index is 11.4. The highest BCUT2D eigenvalue weighted by Gasteiger charge is 1.98. The van der Waals surface area contributed by atoms with Crippen LogP contribution in [0, 0.1) is 0 Å². The monoisotopic (exact) mass is 209 g/mol. The maximum Gasteiger partial charge on any atom is 0.250 e. The fourth-order valence-electron chi connectivity index (χ4n) is 1.40. The molecule has 0 saturated carbocycles. The summed E-state index contributed by atoms with van der Waals surface area (Å²) in [6.45, 7) is 3.32. The van der Waals surface area contributed by atoms with Crippen LogP contribution in [-0.2, 0) is 6.54 Å². The Balaban J connectivity index is 2.37. The van der Waals surface area contributed by atoms with E-state index in [0.29, 0.717) is 0 Å². The highest BCUT2D eigenvalue weighted by Crippen LogP contribution is 1.88. The van der Waals surface area contributed by atoms with E-state index in [-0.39, 0.29) is 5.56 Å². The Bertz CT molecular complexity index is 335. The van der Waals surface area contributed by atoms with Crippen LogP contribution in [0.4, 0.5) is 0 Å². The van der Waals surface area contributed by atoms with Crippen LogP contribution in [0.3, 0.4) is 0 Å². The van der Waals surface area contributed by atoms with E-state index in [9.17, 15) is 4.79 Å². The minimum absolute atomic E-state index is 0.0599. The normalized spacial score (nSPS) is 10.9. The topological polar surface area (TPSA) is 51.3 Å². The van der Waals surface area contributed by atoms with Gasteiger partial charge in [0.25, 0.3) is 5.56 Å². The molecule has 0 fully saturated rings. The second-order valence-electron chi connectivity index (χ2n) is 3.68. The van der Waals surface area contributed by atoms with Gasteiger partial charge in [-0.25, -0.2) is 0 Å². The molecular weight excluding hydrogens is 190 g/mol. The Morgan fingerprint density at radius 2 is 2.20 bits per heavy atom. The van der Waals surface area contributed by atoms with E-state index in [0.717, 1.165) is 32.6 Å². The summed E-state index contributed by atoms with van der Waals surface area (Å²) in [6.07, 6.45) is 2.82. The fraction of sp³-hybridized carbons (Fsp3) is 0.545. The molecule has 0 unspecified atom stereocenters. The van der Waals surface area contributed by atoms with Crippen molar-refractivity contribution in [3.05, 3.63) is 34.7 Å². The summed E-state index contributed by atoms with van der Waals surface area (Å²) >= 11 is 0. The fourth-order valence-corrected chi connectivity index (χ4v) is 1.40. The van der Waals surface area contributed by atoms with E-state index in [1.165, 1.54) is 0 Å². The minimum atomic E-state index is 0.0599. The predicted octanol–water partition coefficient (Wildman–Crippen LogP) is 0.129. The molecule has 0 saturated heterocycles. The van der Waals surface area contributed by atoms with E-state index in [4.69, 9.17) is 5.73 Å². The number of aromatic nitrogens is 1. The number of nitrogens with two attached hydrogens (primary N) is 1. The number of likely N-dealkylation sites (N-methyl/N-ethyl adjacent to an activating group) is 1. The molecule has 0 aromatic carbocycles. The second-order valence-corrected chi connectivity index (χ2v) is 3.68. The van der Waals surface area contributed by atoms with Crippen LogP contribution in [-0.4, -0.2) is 36.1 Å². The molecule has 4 nitrogen and oxygen atoms in total. The number of pyridine rings is 1. The first kappa shape index (κ1) is 11.9. The molecular formula is C11H19N3O. The first-order chi connectivity index (χ1) is 7.24. The molecule has 1 rings (SSSR count). The molecule has 0 amide bonds. The van der Waals surface area contributed by atoms with Crippen molar-refractivity contribution in [1.82, 2.24) is 9.47 Å². The summed E-state index contributed by atoms with van der Waals surface area (Å²) in [5.41, 5.74) is 5.49. The van der Waals surface area contributed by atoms with Gasteiger partial charge in [0.1, 0.15) is 0 Å². The standard InChI is InChI=1S/C11H19N3O/c1-13(7-4-6-12)9-10-14-8-3-2-5-11(14)15/h2-3,5,8H,4,6-7,9-10,12H2,1H3. The summed E-state index contributed by atoms with van der Waals surface area (Å²) in [4.78, 5) is 13.6. The lowest BCUT2D eigenvalue weighted by molar-refractivity contribution is 0.314. The summed E-state index contributed by atoms with van der Waals surface area (Å²) in [5.74, 6) is 0. The average Bonchev–Trinajstić information content (AvgIpc) is 2.25. The van der Waals surface area contributed by atoms with E-state index in [1.807, 2.05) is 19.3 Å². The van der Waals surface area contributed by atoms with Crippen LogP contribution in [0.5, 0.6) is 0 Å². The van der Waals surface area contributed by atoms with Crippen molar-refractivity contribution >= 4 is 0 Å². The molecule has 0 aliphatic heterocycles. The van der Waals surface area contributed by atoms with Crippen molar-refractivity contribution in [2.45, 2.75) is 13.0 Å². The minimum Gasteiger partial charge on any atom is -0.330 e. The molecule has 0 aliphatic rings. The van der Waals surface area contributed by atoms with Crippen molar-refractivity contribution in [3.63, 3.8) is 0 Å². The van der Waals surface area contributed by atoms with Gasteiger partial charge >= 0.3 is 0 Å². The van der Waals surface area contributed by atoms with Crippen LogP contribution >= 0.6 is 0 Å². The lowest BCUT2D eigenvalue weighted by Gasteiger charge is -2.16. The van der Waals surface area contributed by atoms with Crippen molar-refractivity contribution in [3.8, 4) is 0 Å². The first-order valence-electron chi connectivity index (χ1n) is 5.28. The molecule has 84 valence electrons. The van der Waals surface area contributed by atoms with E-state index < -0.39 is 0 Å². The second kappa shape index (κ2) is 6.37. The van der Waals surface area contributed by atoms with Crippen molar-refractivity contribution in [1.29, 1.82) is 0 Å². The van der Waals surface area contributed by atoms with Crippen LogP contribution in [0.1, 0.15) is 6.42 Å². The molecule has 15 heavy (non-hydrogen) atoms. The van der Waals surface area contributed by atoms with Crippen molar-refractivity contribution in [2.24, 2.45) is 5.73 Å². The Morgan fingerprint density at radius 3 is 2.87 bits per heavy atom. The Labute approximate surface area is 90.3 Å². The molecule has 2 N–H and O–H groups in total. The van der Waals surface area contributed by atoms with E-state index >= 15 is 0 Å². The Morgan fingerprint density at radius 1 is 1.40 bits per heavy atom. The van der Waals surface area contributed by atoms with E-state index in [2.05, 4.69) is 4.90 Å². The van der Waals surface area contributed by atoms with Gasteiger partial charge in [0.05, 0.1) is 0 Å². The van der Waals surface area contributed by atoms with Crippen LogP contribution < -0.4 is 11.3 Å². The first-order valence-corrected chi connectivity index (χ1v) is 5.28. The molecule has 0 atom stereocenters. The smallest absolute Gasteiger partial charge is 0.250 e. The zero-order chi connectivity index (χ0) is 11.1. The highest BCUT2D eigenvalue weighted by atomic mass is 16.1. The molecule has 1 aromatic heterocycles. The molecule has 4 heteroatoms. The molecule has 0 bridgehead atoms. The van der Waals surface area contributed by atoms with Gasteiger partial charge in [-0.3, -0.25) is 4.79 Å². The Kier molecular flexibility index (Phi) is 5.07. The zero-order valence-electron chi connectivity index (χ0n) is 9.22. The van der Waals surface area contributed by atoms with Crippen molar-refractivity contribution in [2.75, 3.05) is 26.7 Å². The number of hydrogen-bond acceptors (Lipinski definition) is 3. The van der Waals surface area contributed by atoms with Gasteiger partial charge in [0.2, 0.25) is 0 Å². The summed E-state index contributed by atoms with van der Waals surface area (Å²) in [6, 6.07) is 5.22. The van der Waals surface area contributed by atoms with Gasteiger partial charge in [-0.2, -0.15) is 0 Å². The number of hydrogen-bond donors (Lipinski definition) is 1. The third-order valence-electron chi connectivity index (χ3n) is 2.37. The quantitative estimate of drug-likeness (QED) is 0.724. The summed E-state index contributed by atoms with van der Waals surface area (Å²) in [7, 11) is 2.05. The van der Waals surface area contributed by atoms with Gasteiger partial charge in [0, 0.05) is 25.4 Å². The molecule has 1 heterocycles. The number of rotatable bonds is 6. The maximum atomic E-state index is 11.4. The molecule has 0 radical (unpaired) electrons. The molecule has 0 aliphatic carbocycles. The average molecular weight is 209 g/mol. The van der Waals surface area contributed by atoms with Gasteiger partial charge in [-0.1, -0.05) is 6.07 Å². The predicted molar refractivity (Wildman–Crippen MR) is 61.9 cm³/mol. The lowest BCUT2D eigenvalue weighted by atomic mass is 10.4.